The lowest BCUT2D eigenvalue weighted by Crippen LogP contribution is -2.66. The topological polar surface area (TPSA) is 184 Å². The van der Waals surface area contributed by atoms with Crippen LogP contribution in [-0.2, 0) is 45.4 Å². The van der Waals surface area contributed by atoms with Gasteiger partial charge in [-0.05, 0) is 92.8 Å². The molecule has 0 bridgehead atoms. The lowest BCUT2D eigenvalue weighted by Gasteiger charge is -2.48. The fourth-order valence-corrected chi connectivity index (χ4v) is 11.5. The van der Waals surface area contributed by atoms with Gasteiger partial charge in [-0.15, -0.1) is 0 Å². The number of hydrogen-bond acceptors (Lipinski definition) is 12. The van der Waals surface area contributed by atoms with Crippen LogP contribution in [-0.4, -0.2) is 107 Å². The average Bonchev–Trinajstić information content (AvgIpc) is 3.74. The van der Waals surface area contributed by atoms with Crippen LogP contribution in [0, 0.1) is 17.0 Å². The minimum absolute atomic E-state index is 0.0305. The zero-order chi connectivity index (χ0) is 53.2. The molecule has 0 aliphatic carbocycles. The van der Waals surface area contributed by atoms with Gasteiger partial charge in [0.05, 0.1) is 17.8 Å². The Kier molecular flexibility index (Phi) is 17.5. The number of anilines is 4. The third-order valence-electron chi connectivity index (χ3n) is 16.2. The molecule has 18 heteroatoms. The van der Waals surface area contributed by atoms with E-state index >= 15 is 8.78 Å². The van der Waals surface area contributed by atoms with E-state index in [0.717, 1.165) is 112 Å². The molecule has 0 saturated carbocycles. The first-order valence-corrected chi connectivity index (χ1v) is 27.6. The van der Waals surface area contributed by atoms with Crippen LogP contribution in [0.4, 0.5) is 31.8 Å². The molecule has 4 aromatic rings. The van der Waals surface area contributed by atoms with Crippen LogP contribution in [0.3, 0.4) is 0 Å². The molecule has 9 rings (SSSR count). The number of piperidine rings is 3. The minimum Gasteiger partial charge on any atom is -0.385 e. The largest absolute Gasteiger partial charge is 0.385 e. The van der Waals surface area contributed by atoms with E-state index < -0.39 is 29.1 Å². The van der Waals surface area contributed by atoms with Gasteiger partial charge in [-0.2, -0.15) is 0 Å². The number of halogens is 2. The number of fused-ring (bicyclic) bond motifs is 1. The van der Waals surface area contributed by atoms with Crippen LogP contribution < -0.4 is 36.4 Å². The molecule has 1 atom stereocenters. The Balaban J connectivity index is 0.634. The third-order valence-corrected chi connectivity index (χ3v) is 16.2. The number of hydrogen-bond donors (Lipinski definition) is 5. The summed E-state index contributed by atoms with van der Waals surface area (Å²) in [5.41, 5.74) is 4.67. The normalized spacial score (nSPS) is 19.4. The van der Waals surface area contributed by atoms with E-state index in [4.69, 9.17) is 0 Å². The standard InChI is InChI=1S/C58H75F2N11O5/c1-57(2)20-25-68(26-21-57)35-42-30-46(60)49(31-45(42)59)70-37-54(74)67-58(38-70)22-27-69(28-23-58)51-32-50(64-39-65-51)62-33-40-13-11-14-41(29-40)34-63-52(72)17-9-7-5-3-4-6-8-10-24-61-47-16-12-15-43-44(47)36-71(56(43)76)48-18-19-53(73)66-55(48)75/h11-16,29-32,39,48,61H,3-10,17-28,33-38H2,1-2H3,(H,63,72)(H,67,74)(H,62,64,65)(H,66,73,75). The van der Waals surface area contributed by atoms with Crippen molar-refractivity contribution in [1.82, 2.24) is 35.7 Å². The molecule has 4 fully saturated rings. The molecule has 3 aromatic carbocycles. The van der Waals surface area contributed by atoms with Crippen molar-refractivity contribution in [3.8, 4) is 0 Å². The van der Waals surface area contributed by atoms with Crippen LogP contribution in [0.25, 0.3) is 0 Å². The number of amides is 5. The van der Waals surface area contributed by atoms with Crippen molar-refractivity contribution in [1.29, 1.82) is 0 Å². The van der Waals surface area contributed by atoms with Crippen molar-refractivity contribution in [3.05, 3.63) is 106 Å². The van der Waals surface area contributed by atoms with Crippen LogP contribution >= 0.6 is 0 Å². The second-order valence-corrected chi connectivity index (χ2v) is 22.5. The van der Waals surface area contributed by atoms with Gasteiger partial charge in [0.2, 0.25) is 23.6 Å². The number of benzene rings is 3. The number of unbranched alkanes of at least 4 members (excludes halogenated alkanes) is 7. The number of nitrogens with one attached hydrogen (secondary N) is 5. The van der Waals surface area contributed by atoms with Crippen LogP contribution in [0.15, 0.2) is 67.0 Å². The summed E-state index contributed by atoms with van der Waals surface area (Å²) in [5.74, 6) is -0.514. The summed E-state index contributed by atoms with van der Waals surface area (Å²) in [6.07, 6.45) is 14.4. The van der Waals surface area contributed by atoms with E-state index in [0.29, 0.717) is 88.4 Å². The zero-order valence-electron chi connectivity index (χ0n) is 44.3. The minimum atomic E-state index is -0.622. The number of nitrogens with zero attached hydrogens (tertiary/aromatic N) is 6. The number of carbonyl (C=O) groups excluding carboxylic acids is 5. The van der Waals surface area contributed by atoms with Crippen molar-refractivity contribution in [2.45, 2.75) is 148 Å². The molecule has 1 spiro atoms. The monoisotopic (exact) mass is 1040 g/mol. The molecule has 1 unspecified atom stereocenters. The number of likely N-dealkylation sites (tertiary alicyclic amines) is 1. The van der Waals surface area contributed by atoms with Gasteiger partial charge in [0.15, 0.2) is 0 Å². The summed E-state index contributed by atoms with van der Waals surface area (Å²) in [5, 5.41) is 15.6. The number of piperazine rings is 1. The number of imide groups is 1. The highest BCUT2D eigenvalue weighted by molar-refractivity contribution is 6.06. The van der Waals surface area contributed by atoms with Crippen molar-refractivity contribution < 1.29 is 32.8 Å². The van der Waals surface area contributed by atoms with Gasteiger partial charge < -0.3 is 36.0 Å². The quantitative estimate of drug-likeness (QED) is 0.0379. The van der Waals surface area contributed by atoms with Gasteiger partial charge in [-0.25, -0.2) is 18.7 Å². The molecule has 5 aliphatic rings. The molecule has 16 nitrogen and oxygen atoms in total. The van der Waals surface area contributed by atoms with Crippen molar-refractivity contribution in [2.75, 3.05) is 66.2 Å². The molecular formula is C58H75F2N11O5. The average molecular weight is 1040 g/mol. The van der Waals surface area contributed by atoms with Crippen molar-refractivity contribution >= 4 is 52.5 Å². The van der Waals surface area contributed by atoms with Gasteiger partial charge >= 0.3 is 0 Å². The predicted octanol–water partition coefficient (Wildman–Crippen LogP) is 7.96. The molecule has 1 aromatic heterocycles. The third kappa shape index (κ3) is 13.8. The SMILES string of the molecule is CC1(C)CCN(Cc2cc(F)c(N3CC(=O)NC4(CCN(c5cc(NCc6cccc(CNC(=O)CCCCCCCCCCNc7cccc8c7CN(C7CCC(=O)NC7=O)C8=O)c6)ncn5)CC4)C3)cc2F)CC1. The summed E-state index contributed by atoms with van der Waals surface area (Å²) in [6.45, 7) is 10.3. The fourth-order valence-electron chi connectivity index (χ4n) is 11.5. The van der Waals surface area contributed by atoms with E-state index in [-0.39, 0.29) is 47.7 Å². The fraction of sp³-hybridized carbons (Fsp3) is 0.534. The first-order chi connectivity index (χ1) is 36.7. The summed E-state index contributed by atoms with van der Waals surface area (Å²) < 4.78 is 31.2. The molecular weight excluding hydrogens is 969 g/mol. The number of carbonyl (C=O) groups is 5. The van der Waals surface area contributed by atoms with E-state index in [1.165, 1.54) is 12.1 Å². The highest BCUT2D eigenvalue weighted by atomic mass is 19.1. The molecule has 0 radical (unpaired) electrons. The zero-order valence-corrected chi connectivity index (χ0v) is 44.3. The molecule has 5 amide bonds. The molecule has 406 valence electrons. The molecule has 5 aliphatic heterocycles. The van der Waals surface area contributed by atoms with Crippen molar-refractivity contribution in [3.63, 3.8) is 0 Å². The van der Waals surface area contributed by atoms with E-state index in [9.17, 15) is 24.0 Å². The first kappa shape index (κ1) is 54.1. The van der Waals surface area contributed by atoms with Gasteiger partial charge in [-0.1, -0.05) is 82.7 Å². The Labute approximate surface area is 445 Å². The van der Waals surface area contributed by atoms with Crippen LogP contribution in [0.1, 0.15) is 143 Å². The van der Waals surface area contributed by atoms with Gasteiger partial charge in [0.1, 0.15) is 35.6 Å². The second kappa shape index (κ2) is 24.5. The van der Waals surface area contributed by atoms with E-state index in [1.807, 2.05) is 36.4 Å². The molecule has 76 heavy (non-hydrogen) atoms. The molecule has 6 heterocycles. The van der Waals surface area contributed by atoms with Crippen molar-refractivity contribution in [2.24, 2.45) is 5.41 Å². The summed E-state index contributed by atoms with van der Waals surface area (Å²) in [7, 11) is 0. The Bertz CT molecular complexity index is 2740. The summed E-state index contributed by atoms with van der Waals surface area (Å²) >= 11 is 0. The highest BCUT2D eigenvalue weighted by Crippen LogP contribution is 2.36. The highest BCUT2D eigenvalue weighted by Gasteiger charge is 2.43. The second-order valence-electron chi connectivity index (χ2n) is 22.5. The Morgan fingerprint density at radius 2 is 1.47 bits per heavy atom. The molecule has 5 N–H and O–H groups in total. The van der Waals surface area contributed by atoms with E-state index in [2.05, 4.69) is 66.3 Å². The lowest BCUT2D eigenvalue weighted by atomic mass is 9.82. The summed E-state index contributed by atoms with van der Waals surface area (Å²) in [4.78, 5) is 79.7. The van der Waals surface area contributed by atoms with Crippen LogP contribution in [0.2, 0.25) is 0 Å². The maximum atomic E-state index is 15.7. The van der Waals surface area contributed by atoms with E-state index in [1.54, 1.807) is 22.2 Å². The molecule has 4 saturated heterocycles. The Hall–Kier alpha value is -6.69. The lowest BCUT2D eigenvalue weighted by molar-refractivity contribution is -0.137. The maximum absolute atomic E-state index is 15.7. The summed E-state index contributed by atoms with van der Waals surface area (Å²) in [6, 6.07) is 17.7. The smallest absolute Gasteiger partial charge is 0.255 e. The van der Waals surface area contributed by atoms with Gasteiger partial charge in [0, 0.05) is 99.7 Å². The maximum Gasteiger partial charge on any atom is 0.255 e. The Morgan fingerprint density at radius 1 is 0.750 bits per heavy atom. The van der Waals surface area contributed by atoms with Gasteiger partial charge in [-0.3, -0.25) is 34.2 Å². The predicted molar refractivity (Wildman–Crippen MR) is 289 cm³/mol. The van der Waals surface area contributed by atoms with Crippen LogP contribution in [0.5, 0.6) is 0 Å². The number of rotatable bonds is 22. The number of aromatic nitrogens is 2. The first-order valence-electron chi connectivity index (χ1n) is 27.6. The van der Waals surface area contributed by atoms with Gasteiger partial charge in [0.25, 0.3) is 5.91 Å². The Morgan fingerprint density at radius 3 is 2.24 bits per heavy atom.